The Labute approximate surface area is 112 Å². The topological polar surface area (TPSA) is 30.9 Å². The molecule has 1 aliphatic heterocycles. The van der Waals surface area contributed by atoms with Crippen LogP contribution in [0.4, 0.5) is 0 Å². The van der Waals surface area contributed by atoms with Gasteiger partial charge in [-0.2, -0.15) is 0 Å². The lowest BCUT2D eigenvalue weighted by atomic mass is 10.3. The van der Waals surface area contributed by atoms with Crippen LogP contribution in [0.2, 0.25) is 12.6 Å². The molecule has 0 radical (unpaired) electrons. The summed E-state index contributed by atoms with van der Waals surface area (Å²) in [6, 6.07) is 1.42. The van der Waals surface area contributed by atoms with Crippen LogP contribution in [0.5, 0.6) is 0 Å². The molecule has 4 nitrogen and oxygen atoms in total. The molecule has 1 aliphatic rings. The Bertz CT molecular complexity index is 263. The van der Waals surface area contributed by atoms with Gasteiger partial charge in [-0.15, -0.1) is 0 Å². The normalized spacial score (nSPS) is 29.7. The molecule has 2 atom stereocenters. The third kappa shape index (κ3) is 4.72. The Morgan fingerprint density at radius 3 is 2.83 bits per heavy atom. The van der Waals surface area contributed by atoms with Gasteiger partial charge >= 0.3 is 8.56 Å². The zero-order valence-electron chi connectivity index (χ0n) is 12.1. The number of hydrogen-bond donors (Lipinski definition) is 0. The van der Waals surface area contributed by atoms with Gasteiger partial charge in [-0.3, -0.25) is 0 Å². The average molecular weight is 273 g/mol. The van der Waals surface area contributed by atoms with Crippen molar-refractivity contribution in [2.45, 2.75) is 45.0 Å². The molecule has 0 spiro atoms. The Morgan fingerprint density at radius 2 is 2.28 bits per heavy atom. The number of nitrogens with zero attached hydrogens (tertiary/aromatic N) is 1. The highest BCUT2D eigenvalue weighted by Crippen LogP contribution is 2.20. The maximum absolute atomic E-state index is 6.21. The van der Waals surface area contributed by atoms with Crippen molar-refractivity contribution in [2.24, 2.45) is 0 Å². The SMILES string of the molecule is C=CN(CC1COCCC[Si](C)(OC)O1)C(C)C. The molecule has 0 bridgehead atoms. The maximum Gasteiger partial charge on any atom is 0.335 e. The molecule has 0 aliphatic carbocycles. The van der Waals surface area contributed by atoms with Crippen molar-refractivity contribution in [3.05, 3.63) is 12.8 Å². The molecule has 0 aromatic carbocycles. The van der Waals surface area contributed by atoms with E-state index in [1.54, 1.807) is 7.11 Å². The Morgan fingerprint density at radius 1 is 1.56 bits per heavy atom. The quantitative estimate of drug-likeness (QED) is 0.720. The summed E-state index contributed by atoms with van der Waals surface area (Å²) >= 11 is 0. The van der Waals surface area contributed by atoms with Crippen molar-refractivity contribution in [3.8, 4) is 0 Å². The Kier molecular flexibility index (Phi) is 6.35. The van der Waals surface area contributed by atoms with Crippen LogP contribution in [0.1, 0.15) is 20.3 Å². The van der Waals surface area contributed by atoms with E-state index < -0.39 is 8.56 Å². The summed E-state index contributed by atoms with van der Waals surface area (Å²) in [4.78, 5) is 2.18. The summed E-state index contributed by atoms with van der Waals surface area (Å²) in [5.74, 6) is 0. The van der Waals surface area contributed by atoms with Gasteiger partial charge in [0.1, 0.15) is 0 Å². The zero-order valence-corrected chi connectivity index (χ0v) is 13.1. The Balaban J connectivity index is 2.63. The Hall–Kier alpha value is -0.363. The summed E-state index contributed by atoms with van der Waals surface area (Å²) < 4.78 is 17.5. The highest BCUT2D eigenvalue weighted by atomic mass is 28.4. The van der Waals surface area contributed by atoms with Gasteiger partial charge in [0.05, 0.1) is 12.7 Å². The monoisotopic (exact) mass is 273 g/mol. The summed E-state index contributed by atoms with van der Waals surface area (Å²) in [6.07, 6.45) is 2.97. The molecule has 1 saturated heterocycles. The first-order chi connectivity index (χ1) is 8.50. The fraction of sp³-hybridized carbons (Fsp3) is 0.846. The largest absolute Gasteiger partial charge is 0.398 e. The molecule has 0 aromatic rings. The fourth-order valence-corrected chi connectivity index (χ4v) is 4.18. The molecule has 0 aromatic heterocycles. The fourth-order valence-electron chi connectivity index (χ4n) is 2.13. The second kappa shape index (κ2) is 7.28. The van der Waals surface area contributed by atoms with Crippen molar-refractivity contribution in [1.29, 1.82) is 0 Å². The maximum atomic E-state index is 6.21. The van der Waals surface area contributed by atoms with E-state index in [1.807, 2.05) is 6.20 Å². The van der Waals surface area contributed by atoms with Crippen LogP contribution in [-0.2, 0) is 13.6 Å². The lowest BCUT2D eigenvalue weighted by molar-refractivity contribution is 0.00368. The molecule has 0 N–H and O–H groups in total. The van der Waals surface area contributed by atoms with Gasteiger partial charge in [0.2, 0.25) is 0 Å². The molecule has 0 saturated carbocycles. The first kappa shape index (κ1) is 15.7. The summed E-state index contributed by atoms with van der Waals surface area (Å²) in [5, 5.41) is 0. The van der Waals surface area contributed by atoms with Crippen LogP contribution in [-0.4, -0.2) is 52.5 Å². The van der Waals surface area contributed by atoms with E-state index in [0.717, 1.165) is 25.6 Å². The lowest BCUT2D eigenvalue weighted by Gasteiger charge is -2.36. The van der Waals surface area contributed by atoms with Crippen LogP contribution < -0.4 is 0 Å². The van der Waals surface area contributed by atoms with Crippen LogP contribution in [0.15, 0.2) is 12.8 Å². The molecule has 106 valence electrons. The predicted octanol–water partition coefficient (Wildman–Crippen LogP) is 2.36. The van der Waals surface area contributed by atoms with E-state index in [-0.39, 0.29) is 6.10 Å². The predicted molar refractivity (Wildman–Crippen MR) is 75.8 cm³/mol. The molecule has 1 fully saturated rings. The number of ether oxygens (including phenoxy) is 1. The van der Waals surface area contributed by atoms with E-state index in [0.29, 0.717) is 12.6 Å². The average Bonchev–Trinajstić information content (AvgIpc) is 2.31. The van der Waals surface area contributed by atoms with Gasteiger partial charge in [-0.25, -0.2) is 0 Å². The number of hydrogen-bond acceptors (Lipinski definition) is 4. The standard InChI is InChI=1S/C13H27NO3Si/c1-6-14(12(2)3)10-13-11-16-8-7-9-18(5,15-4)17-13/h6,12-13H,1,7-11H2,2-5H3. The molecule has 1 heterocycles. The van der Waals surface area contributed by atoms with Crippen molar-refractivity contribution in [2.75, 3.05) is 26.9 Å². The summed E-state index contributed by atoms with van der Waals surface area (Å²) in [5.41, 5.74) is 0. The summed E-state index contributed by atoms with van der Waals surface area (Å²) in [7, 11) is -0.248. The van der Waals surface area contributed by atoms with Gasteiger partial charge in [-0.05, 0) is 39.1 Å². The van der Waals surface area contributed by atoms with E-state index >= 15 is 0 Å². The molecular weight excluding hydrogens is 246 g/mol. The van der Waals surface area contributed by atoms with E-state index in [4.69, 9.17) is 13.6 Å². The van der Waals surface area contributed by atoms with Crippen molar-refractivity contribution >= 4 is 8.56 Å². The smallest absolute Gasteiger partial charge is 0.335 e. The molecule has 1 rings (SSSR count). The van der Waals surface area contributed by atoms with Gasteiger partial charge in [0.15, 0.2) is 0 Å². The molecular formula is C13H27NO3Si. The third-order valence-corrected chi connectivity index (χ3v) is 6.34. The van der Waals surface area contributed by atoms with Crippen molar-refractivity contribution in [1.82, 2.24) is 4.90 Å². The van der Waals surface area contributed by atoms with Crippen LogP contribution >= 0.6 is 0 Å². The summed E-state index contributed by atoms with van der Waals surface area (Å²) in [6.45, 7) is 12.6. The third-order valence-electron chi connectivity index (χ3n) is 3.38. The number of rotatable bonds is 5. The van der Waals surface area contributed by atoms with Crippen LogP contribution in [0.3, 0.4) is 0 Å². The first-order valence-electron chi connectivity index (χ1n) is 6.70. The molecule has 0 amide bonds. The minimum Gasteiger partial charge on any atom is -0.398 e. The van der Waals surface area contributed by atoms with Gasteiger partial charge in [0, 0.05) is 26.3 Å². The molecule has 2 unspecified atom stereocenters. The first-order valence-corrected chi connectivity index (χ1v) is 9.22. The van der Waals surface area contributed by atoms with E-state index in [9.17, 15) is 0 Å². The van der Waals surface area contributed by atoms with Gasteiger partial charge in [-0.1, -0.05) is 6.58 Å². The van der Waals surface area contributed by atoms with Crippen LogP contribution in [0, 0.1) is 0 Å². The van der Waals surface area contributed by atoms with Gasteiger partial charge in [0.25, 0.3) is 0 Å². The van der Waals surface area contributed by atoms with Crippen LogP contribution in [0.25, 0.3) is 0 Å². The lowest BCUT2D eigenvalue weighted by Crippen LogP contribution is -2.48. The second-order valence-corrected chi connectivity index (χ2v) is 8.64. The molecule has 5 heteroatoms. The highest BCUT2D eigenvalue weighted by Gasteiger charge is 2.35. The van der Waals surface area contributed by atoms with Crippen molar-refractivity contribution < 1.29 is 13.6 Å². The van der Waals surface area contributed by atoms with E-state index in [1.165, 1.54) is 0 Å². The minimum absolute atomic E-state index is 0.0716. The zero-order chi connectivity index (χ0) is 13.6. The van der Waals surface area contributed by atoms with Gasteiger partial charge < -0.3 is 18.5 Å². The molecule has 18 heavy (non-hydrogen) atoms. The minimum atomic E-state index is -2.01. The van der Waals surface area contributed by atoms with Crippen molar-refractivity contribution in [3.63, 3.8) is 0 Å². The second-order valence-electron chi connectivity index (χ2n) is 5.23. The van der Waals surface area contributed by atoms with E-state index in [2.05, 4.69) is 31.9 Å². The highest BCUT2D eigenvalue weighted by molar-refractivity contribution is 6.66.